The van der Waals surface area contributed by atoms with Crippen LogP contribution in [0.1, 0.15) is 33.1 Å². The van der Waals surface area contributed by atoms with E-state index in [1.807, 2.05) is 0 Å². The van der Waals surface area contributed by atoms with Crippen molar-refractivity contribution in [3.63, 3.8) is 0 Å². The van der Waals surface area contributed by atoms with E-state index in [-0.39, 0.29) is 6.42 Å². The third-order valence-electron chi connectivity index (χ3n) is 1.71. The molecule has 1 unspecified atom stereocenters. The summed E-state index contributed by atoms with van der Waals surface area (Å²) in [6, 6.07) is 0. The van der Waals surface area contributed by atoms with Crippen molar-refractivity contribution in [3.05, 3.63) is 0 Å². The lowest BCUT2D eigenvalue weighted by Gasteiger charge is -2.25. The molecule has 0 saturated carbocycles. The molecule has 11 heavy (non-hydrogen) atoms. The minimum absolute atomic E-state index is 0.212. The molecule has 0 aliphatic heterocycles. The summed E-state index contributed by atoms with van der Waals surface area (Å²) in [4.78, 5) is 0. The molecule has 0 aromatic rings. The van der Waals surface area contributed by atoms with E-state index < -0.39 is 24.7 Å². The van der Waals surface area contributed by atoms with Gasteiger partial charge in [0.05, 0.1) is 0 Å². The molecule has 0 rings (SSSR count). The van der Waals surface area contributed by atoms with Crippen LogP contribution in [-0.2, 0) is 0 Å². The fraction of sp³-hybridized carbons (Fsp3) is 1.00. The maximum Gasteiger partial charge on any atom is 0.422 e. The molecule has 0 fully saturated rings. The van der Waals surface area contributed by atoms with E-state index >= 15 is 0 Å². The van der Waals surface area contributed by atoms with Crippen molar-refractivity contribution in [1.82, 2.24) is 0 Å². The average molecular weight is 172 g/mol. The molecule has 0 saturated heterocycles. The molecule has 0 N–H and O–H groups in total. The van der Waals surface area contributed by atoms with Crippen molar-refractivity contribution < 1.29 is 17.6 Å². The summed E-state index contributed by atoms with van der Waals surface area (Å²) in [6.45, 7) is 2.75. The number of halogens is 4. The second-order valence-corrected chi connectivity index (χ2v) is 2.57. The van der Waals surface area contributed by atoms with E-state index in [0.717, 1.165) is 0 Å². The van der Waals surface area contributed by atoms with Crippen molar-refractivity contribution in [2.24, 2.45) is 0 Å². The zero-order chi connectivity index (χ0) is 9.12. The molecule has 0 aromatic carbocycles. The van der Waals surface area contributed by atoms with Crippen LogP contribution in [-0.4, -0.2) is 11.8 Å². The van der Waals surface area contributed by atoms with Gasteiger partial charge in [0.2, 0.25) is 5.67 Å². The van der Waals surface area contributed by atoms with Gasteiger partial charge in [-0.15, -0.1) is 0 Å². The molecule has 0 aliphatic rings. The minimum atomic E-state index is -4.71. The lowest BCUT2D eigenvalue weighted by molar-refractivity contribution is -0.233. The Labute approximate surface area is 63.6 Å². The predicted molar refractivity (Wildman–Crippen MR) is 35.1 cm³/mol. The maximum absolute atomic E-state index is 12.9. The summed E-state index contributed by atoms with van der Waals surface area (Å²) in [5, 5.41) is 0. The quantitative estimate of drug-likeness (QED) is 0.572. The summed E-state index contributed by atoms with van der Waals surface area (Å²) in [6.07, 6.45) is -5.43. The molecule has 0 bridgehead atoms. The highest BCUT2D eigenvalue weighted by Gasteiger charge is 2.53. The maximum atomic E-state index is 12.9. The van der Waals surface area contributed by atoms with Gasteiger partial charge in [-0.05, 0) is 12.8 Å². The van der Waals surface area contributed by atoms with Crippen LogP contribution in [0.4, 0.5) is 17.6 Å². The van der Waals surface area contributed by atoms with Gasteiger partial charge in [-0.25, -0.2) is 4.39 Å². The largest absolute Gasteiger partial charge is 0.422 e. The first-order valence-electron chi connectivity index (χ1n) is 3.63. The Hall–Kier alpha value is -0.280. The summed E-state index contributed by atoms with van der Waals surface area (Å²) >= 11 is 0. The van der Waals surface area contributed by atoms with Crippen LogP contribution < -0.4 is 0 Å². The number of hydrogen-bond acceptors (Lipinski definition) is 0. The molecule has 68 valence electrons. The van der Waals surface area contributed by atoms with Crippen LogP contribution in [0.5, 0.6) is 0 Å². The average Bonchev–Trinajstić information content (AvgIpc) is 1.86. The van der Waals surface area contributed by atoms with Gasteiger partial charge in [0, 0.05) is 0 Å². The summed E-state index contributed by atoms with van der Waals surface area (Å²) in [7, 11) is 0. The first-order valence-corrected chi connectivity index (χ1v) is 3.63. The number of hydrogen-bond donors (Lipinski definition) is 0. The van der Waals surface area contributed by atoms with Gasteiger partial charge in [0.25, 0.3) is 0 Å². The van der Waals surface area contributed by atoms with Crippen molar-refractivity contribution in [3.8, 4) is 0 Å². The molecule has 0 aromatic heterocycles. The van der Waals surface area contributed by atoms with Crippen molar-refractivity contribution in [2.75, 3.05) is 0 Å². The molecule has 0 amide bonds. The van der Waals surface area contributed by atoms with E-state index in [2.05, 4.69) is 0 Å². The zero-order valence-corrected chi connectivity index (χ0v) is 6.63. The van der Waals surface area contributed by atoms with Gasteiger partial charge in [0.1, 0.15) is 0 Å². The summed E-state index contributed by atoms with van der Waals surface area (Å²) < 4.78 is 48.7. The molecule has 1 atom stereocenters. The highest BCUT2D eigenvalue weighted by molar-refractivity contribution is 4.84. The van der Waals surface area contributed by atoms with Gasteiger partial charge in [-0.3, -0.25) is 0 Å². The smallest absolute Gasteiger partial charge is 0.234 e. The fourth-order valence-corrected chi connectivity index (χ4v) is 0.915. The van der Waals surface area contributed by atoms with E-state index in [9.17, 15) is 17.6 Å². The topological polar surface area (TPSA) is 0 Å². The van der Waals surface area contributed by atoms with Crippen LogP contribution in [0.2, 0.25) is 0 Å². The monoisotopic (exact) mass is 172 g/mol. The van der Waals surface area contributed by atoms with Gasteiger partial charge in [0.15, 0.2) is 0 Å². The first kappa shape index (κ1) is 10.7. The molecule has 0 heterocycles. The van der Waals surface area contributed by atoms with Gasteiger partial charge < -0.3 is 0 Å². The third-order valence-corrected chi connectivity index (χ3v) is 1.71. The Bertz CT molecular complexity index is 118. The standard InChI is InChI=1S/C7H12F4/c1-3-5-6(8,4-2)7(9,10)11/h3-5H2,1-2H3. The Morgan fingerprint density at radius 2 is 1.45 bits per heavy atom. The van der Waals surface area contributed by atoms with Gasteiger partial charge in [-0.1, -0.05) is 20.3 Å². The fourth-order valence-electron chi connectivity index (χ4n) is 0.915. The Morgan fingerprint density at radius 1 is 1.00 bits per heavy atom. The lowest BCUT2D eigenvalue weighted by atomic mass is 9.97. The van der Waals surface area contributed by atoms with Gasteiger partial charge in [-0.2, -0.15) is 13.2 Å². The molecule has 0 nitrogen and oxygen atoms in total. The lowest BCUT2D eigenvalue weighted by Crippen LogP contribution is -2.39. The highest BCUT2D eigenvalue weighted by Crippen LogP contribution is 2.39. The van der Waals surface area contributed by atoms with Crippen LogP contribution in [0.15, 0.2) is 0 Å². The molecular formula is C7H12F4. The summed E-state index contributed by atoms with van der Waals surface area (Å²) in [5.41, 5.74) is -2.97. The molecule has 4 heteroatoms. The Morgan fingerprint density at radius 3 is 1.55 bits per heavy atom. The predicted octanol–water partition coefficient (Wildman–Crippen LogP) is 3.47. The molecular weight excluding hydrogens is 160 g/mol. The Kier molecular flexibility index (Phi) is 3.32. The second kappa shape index (κ2) is 3.41. The van der Waals surface area contributed by atoms with Crippen molar-refractivity contribution in [1.29, 1.82) is 0 Å². The number of rotatable bonds is 3. The summed E-state index contributed by atoms with van der Waals surface area (Å²) in [5.74, 6) is 0. The normalized spacial score (nSPS) is 18.0. The first-order chi connectivity index (χ1) is 4.87. The highest BCUT2D eigenvalue weighted by atomic mass is 19.4. The Balaban J connectivity index is 4.33. The second-order valence-electron chi connectivity index (χ2n) is 2.57. The van der Waals surface area contributed by atoms with E-state index in [4.69, 9.17) is 0 Å². The molecule has 0 aliphatic carbocycles. The number of alkyl halides is 4. The minimum Gasteiger partial charge on any atom is -0.234 e. The van der Waals surface area contributed by atoms with Crippen molar-refractivity contribution >= 4 is 0 Å². The van der Waals surface area contributed by atoms with Crippen LogP contribution >= 0.6 is 0 Å². The van der Waals surface area contributed by atoms with E-state index in [0.29, 0.717) is 0 Å². The molecule has 0 spiro atoms. The third kappa shape index (κ3) is 2.34. The van der Waals surface area contributed by atoms with E-state index in [1.54, 1.807) is 0 Å². The van der Waals surface area contributed by atoms with Gasteiger partial charge >= 0.3 is 6.18 Å². The molecule has 0 radical (unpaired) electrons. The van der Waals surface area contributed by atoms with E-state index in [1.165, 1.54) is 13.8 Å². The zero-order valence-electron chi connectivity index (χ0n) is 6.63. The van der Waals surface area contributed by atoms with Crippen LogP contribution in [0, 0.1) is 0 Å². The van der Waals surface area contributed by atoms with Crippen LogP contribution in [0.3, 0.4) is 0 Å². The van der Waals surface area contributed by atoms with Crippen molar-refractivity contribution in [2.45, 2.75) is 45.0 Å². The van der Waals surface area contributed by atoms with Crippen LogP contribution in [0.25, 0.3) is 0 Å². The SMILES string of the molecule is CCCC(F)(CC)C(F)(F)F.